The van der Waals surface area contributed by atoms with Gasteiger partial charge in [0, 0.05) is 18.6 Å². The van der Waals surface area contributed by atoms with Crippen LogP contribution in [0.25, 0.3) is 0 Å². The van der Waals surface area contributed by atoms with Crippen LogP contribution in [0, 0.1) is 5.82 Å². The van der Waals surface area contributed by atoms with Crippen LogP contribution in [0.3, 0.4) is 0 Å². The fraction of sp³-hybridized carbons (Fsp3) is 0.600. The predicted molar refractivity (Wildman–Crippen MR) is 73.4 cm³/mol. The Morgan fingerprint density at radius 2 is 2.05 bits per heavy atom. The van der Waals surface area contributed by atoms with E-state index in [4.69, 9.17) is 0 Å². The molecule has 1 aliphatic heterocycles. The summed E-state index contributed by atoms with van der Waals surface area (Å²) in [6, 6.07) is 3.45. The molecule has 0 bridgehead atoms. The molecule has 2 rings (SSSR count). The molecule has 21 heavy (non-hydrogen) atoms. The second kappa shape index (κ2) is 6.32. The summed E-state index contributed by atoms with van der Waals surface area (Å²) in [6.45, 7) is 3.14. The van der Waals surface area contributed by atoms with Crippen LogP contribution in [0.1, 0.15) is 30.9 Å². The third-order valence-electron chi connectivity index (χ3n) is 4.17. The molecule has 0 radical (unpaired) electrons. The molecule has 0 amide bonds. The molecular weight excluding hydrogens is 284 g/mol. The summed E-state index contributed by atoms with van der Waals surface area (Å²) in [5.74, 6) is -0.862. The van der Waals surface area contributed by atoms with Crippen LogP contribution in [-0.2, 0) is 12.7 Å². The normalized spacial score (nSPS) is 24.3. The van der Waals surface area contributed by atoms with Gasteiger partial charge < -0.3 is 10.2 Å². The van der Waals surface area contributed by atoms with E-state index < -0.39 is 17.6 Å². The highest BCUT2D eigenvalue weighted by Gasteiger charge is 2.34. The molecule has 1 saturated heterocycles. The van der Waals surface area contributed by atoms with Gasteiger partial charge in [0.1, 0.15) is 5.82 Å². The van der Waals surface area contributed by atoms with Crippen LogP contribution in [0.5, 0.6) is 0 Å². The Kier molecular flexibility index (Phi) is 4.88. The average molecular weight is 304 g/mol. The number of nitrogens with one attached hydrogen (secondary N) is 1. The number of halogens is 4. The van der Waals surface area contributed by atoms with E-state index >= 15 is 0 Å². The minimum Gasteiger partial charge on any atom is -0.310 e. The van der Waals surface area contributed by atoms with E-state index in [1.165, 1.54) is 6.07 Å². The summed E-state index contributed by atoms with van der Waals surface area (Å²) >= 11 is 0. The minimum atomic E-state index is -4.53. The van der Waals surface area contributed by atoms with Crippen molar-refractivity contribution in [2.75, 3.05) is 13.6 Å². The number of hydrogen-bond acceptors (Lipinski definition) is 2. The van der Waals surface area contributed by atoms with E-state index in [1.54, 1.807) is 0 Å². The molecule has 1 aromatic rings. The van der Waals surface area contributed by atoms with Crippen LogP contribution in [0.2, 0.25) is 0 Å². The Hall–Kier alpha value is -1.14. The van der Waals surface area contributed by atoms with E-state index in [0.29, 0.717) is 12.1 Å². The van der Waals surface area contributed by atoms with Gasteiger partial charge in [0.2, 0.25) is 0 Å². The summed E-state index contributed by atoms with van der Waals surface area (Å²) in [4.78, 5) is 2.23. The molecule has 2 nitrogen and oxygen atoms in total. The maximum atomic E-state index is 13.0. The Balaban J connectivity index is 2.03. The van der Waals surface area contributed by atoms with Crippen LogP contribution in [-0.4, -0.2) is 30.6 Å². The zero-order valence-electron chi connectivity index (χ0n) is 12.2. The van der Waals surface area contributed by atoms with E-state index in [2.05, 4.69) is 17.1 Å². The van der Waals surface area contributed by atoms with Gasteiger partial charge in [-0.25, -0.2) is 4.39 Å². The largest absolute Gasteiger partial charge is 0.416 e. The summed E-state index contributed by atoms with van der Waals surface area (Å²) in [7, 11) is 2.04. The third kappa shape index (κ3) is 4.17. The number of benzene rings is 1. The standard InChI is InChI=1S/C15H20F4N2/c1-10-7-13(5-6-21(10)2)20-9-11-3-4-12(16)8-14(11)15(17,18)19/h3-4,8,10,13,20H,5-7,9H2,1-2H3. The van der Waals surface area contributed by atoms with Gasteiger partial charge in [0.15, 0.2) is 0 Å². The number of piperidine rings is 1. The van der Waals surface area contributed by atoms with Crippen molar-refractivity contribution in [3.63, 3.8) is 0 Å². The van der Waals surface area contributed by atoms with Gasteiger partial charge in [0.05, 0.1) is 5.56 Å². The Bertz CT molecular complexity index is 487. The van der Waals surface area contributed by atoms with Gasteiger partial charge in [-0.3, -0.25) is 0 Å². The first-order valence-corrected chi connectivity index (χ1v) is 7.06. The maximum Gasteiger partial charge on any atom is 0.416 e. The Morgan fingerprint density at radius 3 is 2.67 bits per heavy atom. The second-order valence-corrected chi connectivity index (χ2v) is 5.73. The highest BCUT2D eigenvalue weighted by atomic mass is 19.4. The topological polar surface area (TPSA) is 15.3 Å². The van der Waals surface area contributed by atoms with Crippen molar-refractivity contribution in [1.82, 2.24) is 10.2 Å². The summed E-state index contributed by atoms with van der Waals surface area (Å²) in [5.41, 5.74) is -0.800. The number of rotatable bonds is 3. The number of likely N-dealkylation sites (tertiary alicyclic amines) is 1. The van der Waals surface area contributed by atoms with Gasteiger partial charge in [0.25, 0.3) is 0 Å². The summed E-state index contributed by atoms with van der Waals surface area (Å²) < 4.78 is 51.8. The number of hydrogen-bond donors (Lipinski definition) is 1. The maximum absolute atomic E-state index is 13.0. The lowest BCUT2D eigenvalue weighted by molar-refractivity contribution is -0.138. The molecule has 1 aliphatic rings. The van der Waals surface area contributed by atoms with Crippen LogP contribution >= 0.6 is 0 Å². The predicted octanol–water partition coefficient (Wildman–Crippen LogP) is 3.42. The molecule has 2 unspecified atom stereocenters. The van der Waals surface area contributed by atoms with Crippen molar-refractivity contribution >= 4 is 0 Å². The molecule has 2 atom stereocenters. The highest BCUT2D eigenvalue weighted by Crippen LogP contribution is 2.32. The van der Waals surface area contributed by atoms with Crippen molar-refractivity contribution in [2.45, 2.75) is 44.6 Å². The first kappa shape index (κ1) is 16.2. The average Bonchev–Trinajstić information content (AvgIpc) is 2.40. The quantitative estimate of drug-likeness (QED) is 0.861. The lowest BCUT2D eigenvalue weighted by Gasteiger charge is -2.35. The monoisotopic (exact) mass is 304 g/mol. The molecule has 1 heterocycles. The van der Waals surface area contributed by atoms with Crippen molar-refractivity contribution in [2.24, 2.45) is 0 Å². The molecule has 0 spiro atoms. The van der Waals surface area contributed by atoms with E-state index in [1.807, 2.05) is 7.05 Å². The van der Waals surface area contributed by atoms with Gasteiger partial charge in [-0.05, 0) is 51.1 Å². The molecule has 118 valence electrons. The zero-order valence-corrected chi connectivity index (χ0v) is 12.2. The summed E-state index contributed by atoms with van der Waals surface area (Å²) in [5, 5.41) is 3.17. The van der Waals surface area contributed by atoms with Crippen molar-refractivity contribution in [3.8, 4) is 0 Å². The van der Waals surface area contributed by atoms with Crippen molar-refractivity contribution in [1.29, 1.82) is 0 Å². The number of nitrogens with zero attached hydrogens (tertiary/aromatic N) is 1. The molecule has 1 fully saturated rings. The fourth-order valence-electron chi connectivity index (χ4n) is 2.70. The van der Waals surface area contributed by atoms with Crippen LogP contribution < -0.4 is 5.32 Å². The summed E-state index contributed by atoms with van der Waals surface area (Å²) in [6.07, 6.45) is -2.72. The first-order valence-electron chi connectivity index (χ1n) is 7.06. The van der Waals surface area contributed by atoms with Crippen molar-refractivity contribution in [3.05, 3.63) is 35.1 Å². The molecule has 0 aromatic heterocycles. The van der Waals surface area contributed by atoms with E-state index in [9.17, 15) is 17.6 Å². The fourth-order valence-corrected chi connectivity index (χ4v) is 2.70. The lowest BCUT2D eigenvalue weighted by atomic mass is 9.98. The third-order valence-corrected chi connectivity index (χ3v) is 4.17. The zero-order chi connectivity index (χ0) is 15.6. The van der Waals surface area contributed by atoms with Crippen LogP contribution in [0.4, 0.5) is 17.6 Å². The molecule has 1 aromatic carbocycles. The number of alkyl halides is 3. The molecule has 0 aliphatic carbocycles. The smallest absolute Gasteiger partial charge is 0.310 e. The Morgan fingerprint density at radius 1 is 1.33 bits per heavy atom. The first-order chi connectivity index (χ1) is 9.77. The van der Waals surface area contributed by atoms with E-state index in [0.717, 1.165) is 25.5 Å². The van der Waals surface area contributed by atoms with Gasteiger partial charge in [-0.2, -0.15) is 13.2 Å². The molecule has 6 heteroatoms. The Labute approximate surface area is 122 Å². The SMILES string of the molecule is CC1CC(NCc2ccc(F)cc2C(F)(F)F)CCN1C. The molecule has 0 saturated carbocycles. The van der Waals surface area contributed by atoms with Crippen molar-refractivity contribution < 1.29 is 17.6 Å². The second-order valence-electron chi connectivity index (χ2n) is 5.73. The van der Waals surface area contributed by atoms with Crippen LogP contribution in [0.15, 0.2) is 18.2 Å². The molecular formula is C15H20F4N2. The van der Waals surface area contributed by atoms with Gasteiger partial charge >= 0.3 is 6.18 Å². The minimum absolute atomic E-state index is 0.0930. The molecule has 1 N–H and O–H groups in total. The van der Waals surface area contributed by atoms with E-state index in [-0.39, 0.29) is 18.2 Å². The van der Waals surface area contributed by atoms with Gasteiger partial charge in [-0.15, -0.1) is 0 Å². The lowest BCUT2D eigenvalue weighted by Crippen LogP contribution is -2.45. The highest BCUT2D eigenvalue weighted by molar-refractivity contribution is 5.30. The van der Waals surface area contributed by atoms with Gasteiger partial charge in [-0.1, -0.05) is 6.07 Å².